The fourth-order valence-electron chi connectivity index (χ4n) is 1.78. The van der Waals surface area contributed by atoms with Crippen molar-refractivity contribution in [3.05, 3.63) is 35.4 Å². The number of hydrogen-bond donors (Lipinski definition) is 1. The van der Waals surface area contributed by atoms with Crippen LogP contribution in [-0.2, 0) is 21.5 Å². The predicted octanol–water partition coefficient (Wildman–Crippen LogP) is 3.03. The van der Waals surface area contributed by atoms with Gasteiger partial charge >= 0.3 is 5.97 Å². The molecule has 3 nitrogen and oxygen atoms in total. The first-order valence-corrected chi connectivity index (χ1v) is 6.89. The van der Waals surface area contributed by atoms with Gasteiger partial charge in [0.15, 0.2) is 0 Å². The quantitative estimate of drug-likeness (QED) is 0.633. The Labute approximate surface area is 116 Å². The van der Waals surface area contributed by atoms with Gasteiger partial charge in [-0.3, -0.25) is 4.79 Å². The SMILES string of the molecule is CCOC(=O)CCNCc1ccc(C(C)(C)C)cc1. The van der Waals surface area contributed by atoms with Crippen LogP contribution in [0.1, 0.15) is 45.2 Å². The van der Waals surface area contributed by atoms with E-state index >= 15 is 0 Å². The maximum atomic E-state index is 11.1. The third kappa shape index (κ3) is 5.88. The van der Waals surface area contributed by atoms with Crippen molar-refractivity contribution in [1.29, 1.82) is 0 Å². The Balaban J connectivity index is 2.33. The van der Waals surface area contributed by atoms with Gasteiger partial charge in [0, 0.05) is 13.1 Å². The van der Waals surface area contributed by atoms with E-state index in [1.54, 1.807) is 0 Å². The summed E-state index contributed by atoms with van der Waals surface area (Å²) in [6.07, 6.45) is 0.425. The summed E-state index contributed by atoms with van der Waals surface area (Å²) in [5, 5.41) is 3.25. The molecule has 0 atom stereocenters. The third-order valence-corrected chi connectivity index (χ3v) is 2.96. The standard InChI is InChI=1S/C16H25NO2/c1-5-19-15(18)10-11-17-12-13-6-8-14(9-7-13)16(2,3)4/h6-9,17H,5,10-12H2,1-4H3. The second kappa shape index (κ2) is 7.29. The Hall–Kier alpha value is -1.35. The van der Waals surface area contributed by atoms with Crippen molar-refractivity contribution in [3.8, 4) is 0 Å². The van der Waals surface area contributed by atoms with Crippen molar-refractivity contribution >= 4 is 5.97 Å². The van der Waals surface area contributed by atoms with Gasteiger partial charge in [-0.2, -0.15) is 0 Å². The molecule has 0 amide bonds. The summed E-state index contributed by atoms with van der Waals surface area (Å²) in [5.41, 5.74) is 2.76. The molecule has 0 aliphatic rings. The molecule has 0 heterocycles. The van der Waals surface area contributed by atoms with Crippen LogP contribution in [0.3, 0.4) is 0 Å². The van der Waals surface area contributed by atoms with E-state index in [-0.39, 0.29) is 11.4 Å². The Morgan fingerprint density at radius 1 is 1.21 bits per heavy atom. The number of nitrogens with one attached hydrogen (secondary N) is 1. The van der Waals surface area contributed by atoms with Crippen LogP contribution in [0.5, 0.6) is 0 Å². The summed E-state index contributed by atoms with van der Waals surface area (Å²) < 4.78 is 4.87. The molecule has 0 saturated heterocycles. The van der Waals surface area contributed by atoms with Crippen molar-refractivity contribution in [3.63, 3.8) is 0 Å². The minimum absolute atomic E-state index is 0.141. The van der Waals surface area contributed by atoms with Crippen LogP contribution in [0.4, 0.5) is 0 Å². The number of ether oxygens (including phenoxy) is 1. The molecule has 1 aromatic rings. The second-order valence-corrected chi connectivity index (χ2v) is 5.68. The Bertz CT molecular complexity index is 390. The number of rotatable bonds is 6. The van der Waals surface area contributed by atoms with Crippen LogP contribution in [-0.4, -0.2) is 19.1 Å². The normalized spacial score (nSPS) is 11.4. The summed E-state index contributed by atoms with van der Waals surface area (Å²) in [7, 11) is 0. The highest BCUT2D eigenvalue weighted by Crippen LogP contribution is 2.22. The third-order valence-electron chi connectivity index (χ3n) is 2.96. The summed E-state index contributed by atoms with van der Waals surface area (Å²) in [6.45, 7) is 10.3. The van der Waals surface area contributed by atoms with Crippen molar-refractivity contribution in [2.45, 2.75) is 46.1 Å². The van der Waals surface area contributed by atoms with Crippen molar-refractivity contribution in [2.75, 3.05) is 13.2 Å². The first kappa shape index (κ1) is 15.7. The maximum absolute atomic E-state index is 11.1. The molecule has 19 heavy (non-hydrogen) atoms. The van der Waals surface area contributed by atoms with E-state index in [9.17, 15) is 4.79 Å². The van der Waals surface area contributed by atoms with Gasteiger partial charge in [0.2, 0.25) is 0 Å². The lowest BCUT2D eigenvalue weighted by atomic mass is 9.87. The zero-order chi connectivity index (χ0) is 14.3. The van der Waals surface area contributed by atoms with Gasteiger partial charge in [0.1, 0.15) is 0 Å². The van der Waals surface area contributed by atoms with E-state index in [2.05, 4.69) is 50.4 Å². The summed E-state index contributed by atoms with van der Waals surface area (Å²) in [5.74, 6) is -0.141. The number of carbonyl (C=O) groups excluding carboxylic acids is 1. The van der Waals surface area contributed by atoms with E-state index in [1.807, 2.05) is 6.92 Å². The molecular formula is C16H25NO2. The first-order valence-electron chi connectivity index (χ1n) is 6.89. The first-order chi connectivity index (χ1) is 8.93. The lowest BCUT2D eigenvalue weighted by Crippen LogP contribution is -2.19. The minimum atomic E-state index is -0.141. The lowest BCUT2D eigenvalue weighted by molar-refractivity contribution is -0.142. The molecule has 0 bridgehead atoms. The summed E-state index contributed by atoms with van der Waals surface area (Å²) >= 11 is 0. The van der Waals surface area contributed by atoms with Gasteiger partial charge in [0.05, 0.1) is 13.0 Å². The van der Waals surface area contributed by atoms with E-state index in [4.69, 9.17) is 4.74 Å². The maximum Gasteiger partial charge on any atom is 0.307 e. The van der Waals surface area contributed by atoms with Crippen LogP contribution in [0.25, 0.3) is 0 Å². The van der Waals surface area contributed by atoms with E-state index in [0.717, 1.165) is 6.54 Å². The van der Waals surface area contributed by atoms with Gasteiger partial charge in [-0.05, 0) is 23.5 Å². The Morgan fingerprint density at radius 2 is 1.84 bits per heavy atom. The largest absolute Gasteiger partial charge is 0.466 e. The number of esters is 1. The number of carbonyl (C=O) groups is 1. The average Bonchev–Trinajstić information content (AvgIpc) is 2.34. The number of hydrogen-bond acceptors (Lipinski definition) is 3. The van der Waals surface area contributed by atoms with Crippen LogP contribution < -0.4 is 5.32 Å². The molecule has 0 aromatic heterocycles. The van der Waals surface area contributed by atoms with Crippen molar-refractivity contribution in [2.24, 2.45) is 0 Å². The smallest absolute Gasteiger partial charge is 0.307 e. The predicted molar refractivity (Wildman–Crippen MR) is 78.1 cm³/mol. The fraction of sp³-hybridized carbons (Fsp3) is 0.562. The molecule has 0 aliphatic carbocycles. The van der Waals surface area contributed by atoms with Crippen molar-refractivity contribution < 1.29 is 9.53 Å². The van der Waals surface area contributed by atoms with Gasteiger partial charge < -0.3 is 10.1 Å². The molecular weight excluding hydrogens is 238 g/mol. The second-order valence-electron chi connectivity index (χ2n) is 5.68. The highest BCUT2D eigenvalue weighted by Gasteiger charge is 2.12. The zero-order valence-corrected chi connectivity index (χ0v) is 12.5. The lowest BCUT2D eigenvalue weighted by Gasteiger charge is -2.19. The van der Waals surface area contributed by atoms with E-state index < -0.39 is 0 Å². The fourth-order valence-corrected chi connectivity index (χ4v) is 1.78. The summed E-state index contributed by atoms with van der Waals surface area (Å²) in [4.78, 5) is 11.1. The highest BCUT2D eigenvalue weighted by molar-refractivity contribution is 5.69. The molecule has 0 fully saturated rings. The van der Waals surface area contributed by atoms with Gasteiger partial charge in [-0.15, -0.1) is 0 Å². The molecule has 1 N–H and O–H groups in total. The molecule has 0 spiro atoms. The Kier molecular flexibility index (Phi) is 6.03. The molecule has 0 unspecified atom stereocenters. The van der Waals surface area contributed by atoms with Gasteiger partial charge in [0.25, 0.3) is 0 Å². The molecule has 0 aliphatic heterocycles. The highest BCUT2D eigenvalue weighted by atomic mass is 16.5. The summed E-state index contributed by atoms with van der Waals surface area (Å²) in [6, 6.07) is 8.61. The monoisotopic (exact) mass is 263 g/mol. The minimum Gasteiger partial charge on any atom is -0.466 e. The van der Waals surface area contributed by atoms with E-state index in [1.165, 1.54) is 11.1 Å². The topological polar surface area (TPSA) is 38.3 Å². The molecule has 0 saturated carbocycles. The zero-order valence-electron chi connectivity index (χ0n) is 12.5. The van der Waals surface area contributed by atoms with E-state index in [0.29, 0.717) is 19.6 Å². The molecule has 3 heteroatoms. The molecule has 1 aromatic carbocycles. The Morgan fingerprint density at radius 3 is 2.37 bits per heavy atom. The van der Waals surface area contributed by atoms with Crippen LogP contribution in [0, 0.1) is 0 Å². The van der Waals surface area contributed by atoms with Crippen LogP contribution in [0.2, 0.25) is 0 Å². The van der Waals surface area contributed by atoms with Crippen LogP contribution >= 0.6 is 0 Å². The van der Waals surface area contributed by atoms with Gasteiger partial charge in [-0.25, -0.2) is 0 Å². The molecule has 106 valence electrons. The average molecular weight is 263 g/mol. The number of benzene rings is 1. The molecule has 1 rings (SSSR count). The van der Waals surface area contributed by atoms with Crippen molar-refractivity contribution in [1.82, 2.24) is 5.32 Å². The molecule has 0 radical (unpaired) electrons. The van der Waals surface area contributed by atoms with Crippen LogP contribution in [0.15, 0.2) is 24.3 Å². The van der Waals surface area contributed by atoms with Gasteiger partial charge in [-0.1, -0.05) is 45.0 Å².